The van der Waals surface area contributed by atoms with E-state index in [0.29, 0.717) is 0 Å². The van der Waals surface area contributed by atoms with Crippen molar-refractivity contribution in [2.24, 2.45) is 0 Å². The second-order valence-electron chi connectivity index (χ2n) is 1.96. The van der Waals surface area contributed by atoms with Gasteiger partial charge in [0.1, 0.15) is 0 Å². The first-order valence-electron chi connectivity index (χ1n) is 3.08. The number of hydrogen-bond acceptors (Lipinski definition) is 1. The van der Waals surface area contributed by atoms with Crippen molar-refractivity contribution < 1.29 is 5.11 Å². The second kappa shape index (κ2) is 5.71. The number of aliphatic hydroxyl groups is 1. The van der Waals surface area contributed by atoms with Crippen LogP contribution in [0.4, 0.5) is 0 Å². The maximum absolute atomic E-state index is 8.52. The van der Waals surface area contributed by atoms with E-state index in [4.69, 9.17) is 5.11 Å². The normalized spacial score (nSPS) is 8.50. The van der Waals surface area contributed by atoms with Crippen LogP contribution in [0.15, 0.2) is 30.3 Å². The fourth-order valence-electron chi connectivity index (χ4n) is 0.774. The van der Waals surface area contributed by atoms with Gasteiger partial charge in [0.15, 0.2) is 0 Å². The summed E-state index contributed by atoms with van der Waals surface area (Å²) in [5, 5.41) is 8.52. The molecule has 0 aliphatic carbocycles. The van der Waals surface area contributed by atoms with Gasteiger partial charge in [-0.1, -0.05) is 30.3 Å². The number of benzene rings is 1. The summed E-state index contributed by atoms with van der Waals surface area (Å²) in [4.78, 5) is 0. The maximum Gasteiger partial charge on any atom is 0.0471 e. The average Bonchev–Trinajstić information content (AvgIpc) is 1.91. The van der Waals surface area contributed by atoms with E-state index in [1.807, 2.05) is 30.3 Å². The zero-order chi connectivity index (χ0) is 6.53. The standard InChI is InChI=1S/C8H10O.Mg/c9-7-6-8-4-2-1-3-5-8;/h1-5,9H,6-7H2;. The lowest BCUT2D eigenvalue weighted by Gasteiger charge is -1.93. The SMILES string of the molecule is OCCc1ccccc1.[Mg]. The molecule has 2 radical (unpaired) electrons. The van der Waals surface area contributed by atoms with Crippen LogP contribution in [-0.2, 0) is 6.42 Å². The summed E-state index contributed by atoms with van der Waals surface area (Å²) >= 11 is 0. The van der Waals surface area contributed by atoms with Crippen LogP contribution in [0.1, 0.15) is 5.56 Å². The van der Waals surface area contributed by atoms with Crippen molar-refractivity contribution in [1.29, 1.82) is 0 Å². The molecule has 10 heavy (non-hydrogen) atoms. The Labute approximate surface area is 77.2 Å². The molecular weight excluding hydrogens is 136 g/mol. The van der Waals surface area contributed by atoms with E-state index in [1.54, 1.807) is 0 Å². The summed E-state index contributed by atoms with van der Waals surface area (Å²) < 4.78 is 0. The van der Waals surface area contributed by atoms with Gasteiger partial charge in [-0.05, 0) is 12.0 Å². The van der Waals surface area contributed by atoms with Gasteiger partial charge in [-0.2, -0.15) is 0 Å². The minimum atomic E-state index is 0. The van der Waals surface area contributed by atoms with Gasteiger partial charge in [0, 0.05) is 29.7 Å². The van der Waals surface area contributed by atoms with Crippen LogP contribution < -0.4 is 0 Å². The summed E-state index contributed by atoms with van der Waals surface area (Å²) in [6, 6.07) is 9.95. The van der Waals surface area contributed by atoms with Crippen molar-refractivity contribution in [3.63, 3.8) is 0 Å². The van der Waals surface area contributed by atoms with Crippen molar-refractivity contribution in [2.75, 3.05) is 6.61 Å². The number of hydrogen-bond donors (Lipinski definition) is 1. The van der Waals surface area contributed by atoms with Crippen LogP contribution in [0, 0.1) is 0 Å². The van der Waals surface area contributed by atoms with E-state index >= 15 is 0 Å². The van der Waals surface area contributed by atoms with Gasteiger partial charge < -0.3 is 5.11 Å². The van der Waals surface area contributed by atoms with Gasteiger partial charge in [0.25, 0.3) is 0 Å². The van der Waals surface area contributed by atoms with Gasteiger partial charge in [-0.25, -0.2) is 0 Å². The largest absolute Gasteiger partial charge is 0.396 e. The molecule has 0 aliphatic rings. The monoisotopic (exact) mass is 146 g/mol. The van der Waals surface area contributed by atoms with Crippen molar-refractivity contribution in [3.8, 4) is 0 Å². The predicted octanol–water partition coefficient (Wildman–Crippen LogP) is 0.841. The molecule has 0 saturated heterocycles. The highest BCUT2D eigenvalue weighted by Gasteiger charge is 1.85. The Morgan fingerprint density at radius 3 is 2.20 bits per heavy atom. The maximum atomic E-state index is 8.52. The lowest BCUT2D eigenvalue weighted by atomic mass is 10.2. The Kier molecular flexibility index (Phi) is 5.68. The van der Waals surface area contributed by atoms with Gasteiger partial charge in [-0.3, -0.25) is 0 Å². The summed E-state index contributed by atoms with van der Waals surface area (Å²) in [5.74, 6) is 0. The molecular formula is C8H10MgO. The Balaban J connectivity index is 0.000000810. The third-order valence-electron chi connectivity index (χ3n) is 1.24. The molecule has 1 nitrogen and oxygen atoms in total. The molecule has 0 aromatic heterocycles. The average molecular weight is 146 g/mol. The van der Waals surface area contributed by atoms with Crippen molar-refractivity contribution >= 4 is 23.1 Å². The molecule has 0 aliphatic heterocycles. The molecule has 0 fully saturated rings. The van der Waals surface area contributed by atoms with E-state index in [-0.39, 0.29) is 29.7 Å². The molecule has 0 unspecified atom stereocenters. The topological polar surface area (TPSA) is 20.2 Å². The van der Waals surface area contributed by atoms with Crippen LogP contribution in [-0.4, -0.2) is 34.8 Å². The van der Waals surface area contributed by atoms with Crippen molar-refractivity contribution in [2.45, 2.75) is 6.42 Å². The molecule has 0 amide bonds. The fourth-order valence-corrected chi connectivity index (χ4v) is 0.774. The van der Waals surface area contributed by atoms with E-state index in [1.165, 1.54) is 5.56 Å². The Morgan fingerprint density at radius 2 is 1.70 bits per heavy atom. The van der Waals surface area contributed by atoms with Crippen LogP contribution in [0.2, 0.25) is 0 Å². The zero-order valence-corrected chi connectivity index (χ0v) is 7.37. The highest BCUT2D eigenvalue weighted by molar-refractivity contribution is 5.75. The molecule has 1 rings (SSSR count). The first kappa shape index (κ1) is 9.95. The molecule has 50 valence electrons. The quantitative estimate of drug-likeness (QED) is 0.613. The molecule has 0 bridgehead atoms. The molecule has 1 aromatic rings. The first-order valence-corrected chi connectivity index (χ1v) is 3.08. The summed E-state index contributed by atoms with van der Waals surface area (Å²) in [5.41, 5.74) is 1.19. The van der Waals surface area contributed by atoms with E-state index < -0.39 is 0 Å². The van der Waals surface area contributed by atoms with Crippen LogP contribution in [0.25, 0.3) is 0 Å². The molecule has 0 heterocycles. The summed E-state index contributed by atoms with van der Waals surface area (Å²) in [6.45, 7) is 0.240. The Morgan fingerprint density at radius 1 is 1.10 bits per heavy atom. The van der Waals surface area contributed by atoms with E-state index in [0.717, 1.165) is 6.42 Å². The Bertz CT molecular complexity index is 162. The zero-order valence-electron chi connectivity index (χ0n) is 5.96. The highest BCUT2D eigenvalue weighted by atomic mass is 24.3. The van der Waals surface area contributed by atoms with Crippen molar-refractivity contribution in [3.05, 3.63) is 35.9 Å². The van der Waals surface area contributed by atoms with Crippen molar-refractivity contribution in [1.82, 2.24) is 0 Å². The minimum Gasteiger partial charge on any atom is -0.396 e. The highest BCUT2D eigenvalue weighted by Crippen LogP contribution is 1.97. The molecule has 1 N–H and O–H groups in total. The van der Waals surface area contributed by atoms with E-state index in [9.17, 15) is 0 Å². The summed E-state index contributed by atoms with van der Waals surface area (Å²) in [7, 11) is 0. The van der Waals surface area contributed by atoms with Crippen LogP contribution in [0.3, 0.4) is 0 Å². The number of aliphatic hydroxyl groups excluding tert-OH is 1. The predicted molar refractivity (Wildman–Crippen MR) is 43.0 cm³/mol. The molecule has 0 atom stereocenters. The van der Waals surface area contributed by atoms with Crippen LogP contribution >= 0.6 is 0 Å². The second-order valence-corrected chi connectivity index (χ2v) is 1.96. The van der Waals surface area contributed by atoms with Crippen LogP contribution in [0.5, 0.6) is 0 Å². The van der Waals surface area contributed by atoms with E-state index in [2.05, 4.69) is 0 Å². The Hall–Kier alpha value is -0.0538. The third kappa shape index (κ3) is 3.20. The molecule has 0 saturated carbocycles. The minimum absolute atomic E-state index is 0. The summed E-state index contributed by atoms with van der Waals surface area (Å²) in [6.07, 6.45) is 0.765. The molecule has 2 heteroatoms. The molecule has 1 aromatic carbocycles. The third-order valence-corrected chi connectivity index (χ3v) is 1.24. The molecule has 0 spiro atoms. The number of rotatable bonds is 2. The van der Waals surface area contributed by atoms with Gasteiger partial charge >= 0.3 is 0 Å². The lowest BCUT2D eigenvalue weighted by molar-refractivity contribution is 0.299. The fraction of sp³-hybridized carbons (Fsp3) is 0.250. The van der Waals surface area contributed by atoms with Gasteiger partial charge in [0.05, 0.1) is 0 Å². The lowest BCUT2D eigenvalue weighted by Crippen LogP contribution is -1.88. The first-order chi connectivity index (χ1) is 4.43. The smallest absolute Gasteiger partial charge is 0.0471 e. The van der Waals surface area contributed by atoms with Gasteiger partial charge in [-0.15, -0.1) is 0 Å². The van der Waals surface area contributed by atoms with Gasteiger partial charge in [0.2, 0.25) is 0 Å².